The summed E-state index contributed by atoms with van der Waals surface area (Å²) in [5.41, 5.74) is 0.219. The van der Waals surface area contributed by atoms with Gasteiger partial charge in [-0.05, 0) is 6.07 Å². The second-order valence-electron chi connectivity index (χ2n) is 1.74. The molecule has 1 rings (SSSR count). The zero-order valence-corrected chi connectivity index (χ0v) is 8.37. The predicted octanol–water partition coefficient (Wildman–Crippen LogP) is 2.14. The first-order valence-corrected chi connectivity index (χ1v) is 2.47. The second-order valence-corrected chi connectivity index (χ2v) is 1.74. The summed E-state index contributed by atoms with van der Waals surface area (Å²) in [5.74, 6) is -1.17. The molecule has 0 N–H and O–H groups in total. The fraction of sp³-hybridized carbons (Fsp3) is 0. The quantitative estimate of drug-likeness (QED) is 0.436. The largest absolute Gasteiger partial charge is 0.284 e. The van der Waals surface area contributed by atoms with E-state index in [0.717, 1.165) is 6.07 Å². The van der Waals surface area contributed by atoms with Gasteiger partial charge in [0.2, 0.25) is 0 Å². The molecule has 50 valence electrons. The van der Waals surface area contributed by atoms with Gasteiger partial charge in [0, 0.05) is 25.3 Å². The minimum Gasteiger partial charge on any atom is -0.284 e. The zero-order valence-electron chi connectivity index (χ0n) is 5.40. The van der Waals surface area contributed by atoms with E-state index in [4.69, 9.17) is 0 Å². The van der Waals surface area contributed by atoms with Crippen LogP contribution in [-0.2, 0) is 19.5 Å². The van der Waals surface area contributed by atoms with Gasteiger partial charge in [-0.25, -0.2) is 4.39 Å². The molecule has 0 atom stereocenters. The molecule has 0 aliphatic heterocycles. The summed E-state index contributed by atoms with van der Waals surface area (Å²) in [7, 11) is 0. The molecule has 0 bridgehead atoms. The topological polar surface area (TPSA) is 0 Å². The van der Waals surface area contributed by atoms with E-state index in [-0.39, 0.29) is 25.0 Å². The number of hydrogen-bond donors (Lipinski definition) is 0. The molecule has 0 spiro atoms. The van der Waals surface area contributed by atoms with Crippen molar-refractivity contribution in [3.8, 4) is 0 Å². The van der Waals surface area contributed by atoms with Crippen LogP contribution in [0.3, 0.4) is 0 Å². The van der Waals surface area contributed by atoms with Crippen molar-refractivity contribution in [2.45, 2.75) is 0 Å². The number of halogens is 2. The molecule has 0 nitrogen and oxygen atoms in total. The average molecular weight is 193 g/mol. The summed E-state index contributed by atoms with van der Waals surface area (Å²) < 4.78 is 24.4. The van der Waals surface area contributed by atoms with Crippen LogP contribution < -0.4 is 0 Å². The molecule has 0 unspecified atom stereocenters. The van der Waals surface area contributed by atoms with E-state index in [9.17, 15) is 8.78 Å². The first kappa shape index (κ1) is 9.57. The Morgan fingerprint density at radius 2 is 1.80 bits per heavy atom. The van der Waals surface area contributed by atoms with Crippen molar-refractivity contribution in [2.75, 3.05) is 0 Å². The van der Waals surface area contributed by atoms with Crippen LogP contribution in [-0.4, -0.2) is 0 Å². The van der Waals surface area contributed by atoms with E-state index < -0.39 is 11.6 Å². The molecule has 0 saturated carbocycles. The van der Waals surface area contributed by atoms with E-state index in [1.807, 2.05) is 0 Å². The van der Waals surface area contributed by atoms with Crippen molar-refractivity contribution in [3.63, 3.8) is 0 Å². The molecule has 0 amide bonds. The van der Waals surface area contributed by atoms with E-state index in [2.05, 4.69) is 6.92 Å². The van der Waals surface area contributed by atoms with Crippen molar-refractivity contribution in [2.24, 2.45) is 0 Å². The van der Waals surface area contributed by atoms with Gasteiger partial charge in [-0.15, -0.1) is 0 Å². The smallest absolute Gasteiger partial charge is 0.101 e. The van der Waals surface area contributed by atoms with Crippen LogP contribution in [0.5, 0.6) is 0 Å². The summed E-state index contributed by atoms with van der Waals surface area (Å²) in [6, 6.07) is 3.28. The van der Waals surface area contributed by atoms with E-state index in [1.54, 1.807) is 0 Å². The molecule has 0 fully saturated rings. The van der Waals surface area contributed by atoms with Gasteiger partial charge in [-0.1, -0.05) is 6.07 Å². The summed E-state index contributed by atoms with van der Waals surface area (Å²) >= 11 is 0. The van der Waals surface area contributed by atoms with Crippen molar-refractivity contribution in [3.05, 3.63) is 42.3 Å². The fourth-order valence-electron chi connectivity index (χ4n) is 0.522. The van der Waals surface area contributed by atoms with Crippen LogP contribution in [0.1, 0.15) is 5.56 Å². The Morgan fingerprint density at radius 1 is 1.20 bits per heavy atom. The molecule has 10 heavy (non-hydrogen) atoms. The van der Waals surface area contributed by atoms with Gasteiger partial charge in [0.05, 0.1) is 0 Å². The van der Waals surface area contributed by atoms with E-state index in [1.165, 1.54) is 12.1 Å². The van der Waals surface area contributed by atoms with Gasteiger partial charge in [-0.2, -0.15) is 18.6 Å². The van der Waals surface area contributed by atoms with Gasteiger partial charge in [0.1, 0.15) is 5.82 Å². The Bertz CT molecular complexity index is 223. The van der Waals surface area contributed by atoms with Gasteiger partial charge in [0.25, 0.3) is 0 Å². The Kier molecular flexibility index (Phi) is 3.51. The van der Waals surface area contributed by atoms with Gasteiger partial charge in [-0.3, -0.25) is 4.39 Å². The van der Waals surface area contributed by atoms with Crippen molar-refractivity contribution < 1.29 is 28.3 Å². The summed E-state index contributed by atoms with van der Waals surface area (Å²) in [5, 5.41) is 0. The Labute approximate surface area is 71.0 Å². The number of rotatable bonds is 0. The molecule has 1 aromatic rings. The first-order chi connectivity index (χ1) is 4.20. The van der Waals surface area contributed by atoms with Crippen molar-refractivity contribution in [1.82, 2.24) is 0 Å². The monoisotopic (exact) mass is 191 g/mol. The molecule has 0 aliphatic carbocycles. The summed E-state index contributed by atoms with van der Waals surface area (Å²) in [6.07, 6.45) is 0. The van der Waals surface area contributed by atoms with Crippen LogP contribution in [0, 0.1) is 18.6 Å². The maximum atomic E-state index is 12.3. The molecule has 3 heteroatoms. The van der Waals surface area contributed by atoms with Crippen molar-refractivity contribution >= 4 is 0 Å². The molecule has 0 radical (unpaired) electrons. The molecule has 0 aliphatic rings. The predicted molar refractivity (Wildman–Crippen MR) is 30.8 cm³/mol. The van der Waals surface area contributed by atoms with Crippen LogP contribution in [0.25, 0.3) is 0 Å². The van der Waals surface area contributed by atoms with Crippen LogP contribution in [0.15, 0.2) is 18.2 Å². The maximum absolute atomic E-state index is 12.3. The third-order valence-corrected chi connectivity index (χ3v) is 1.02. The van der Waals surface area contributed by atoms with Crippen LogP contribution in [0.2, 0.25) is 0 Å². The normalized spacial score (nSPS) is 8.60. The Morgan fingerprint density at radius 3 is 2.20 bits per heavy atom. The molecule has 0 aromatic heterocycles. The fourth-order valence-corrected chi connectivity index (χ4v) is 0.522. The average Bonchev–Trinajstić information content (AvgIpc) is 1.80. The van der Waals surface area contributed by atoms with Gasteiger partial charge in [0.15, 0.2) is 0 Å². The maximum Gasteiger partial charge on any atom is 0.101 e. The van der Waals surface area contributed by atoms with Crippen LogP contribution >= 0.6 is 0 Å². The van der Waals surface area contributed by atoms with Crippen molar-refractivity contribution in [1.29, 1.82) is 0 Å². The van der Waals surface area contributed by atoms with E-state index in [0.29, 0.717) is 0 Å². The van der Waals surface area contributed by atoms with Crippen LogP contribution in [0.4, 0.5) is 8.78 Å². The van der Waals surface area contributed by atoms with E-state index >= 15 is 0 Å². The molecular formula is C7H5F2Zn-. The minimum absolute atomic E-state index is 0. The first-order valence-electron chi connectivity index (χ1n) is 2.47. The Balaban J connectivity index is 0.000000810. The zero-order chi connectivity index (χ0) is 6.85. The third kappa shape index (κ3) is 2.07. The molecular weight excluding hydrogens is 187 g/mol. The second kappa shape index (κ2) is 3.67. The third-order valence-electron chi connectivity index (χ3n) is 1.02. The molecule has 0 saturated heterocycles. The standard InChI is InChI=1S/C7H5F2.Zn/c1-5-2-3-6(8)4-7(5)9;/h2-4H,1H2;/q-1;. The summed E-state index contributed by atoms with van der Waals surface area (Å²) in [6.45, 7) is 3.32. The Hall–Kier alpha value is -0.427. The number of benzene rings is 1. The molecule has 1 aromatic carbocycles. The SMILES string of the molecule is [CH2-]c1ccc(F)cc1F.[Zn]. The minimum atomic E-state index is -0.602. The molecule has 0 heterocycles. The summed E-state index contributed by atoms with van der Waals surface area (Å²) in [4.78, 5) is 0. The van der Waals surface area contributed by atoms with Gasteiger partial charge >= 0.3 is 0 Å². The van der Waals surface area contributed by atoms with Gasteiger partial charge < -0.3 is 0 Å². The number of hydrogen-bond acceptors (Lipinski definition) is 0.